The van der Waals surface area contributed by atoms with E-state index in [2.05, 4.69) is 58.3 Å². The predicted molar refractivity (Wildman–Crippen MR) is 135 cm³/mol. The van der Waals surface area contributed by atoms with Crippen LogP contribution in [0.15, 0.2) is 47.0 Å². The van der Waals surface area contributed by atoms with Gasteiger partial charge in [-0.2, -0.15) is 0 Å². The Morgan fingerprint density at radius 2 is 1.80 bits per heavy atom. The molecule has 1 aromatic carbocycles. The summed E-state index contributed by atoms with van der Waals surface area (Å²) in [5, 5.41) is 3.97. The summed E-state index contributed by atoms with van der Waals surface area (Å²) < 4.78 is 5.28. The van der Waals surface area contributed by atoms with Gasteiger partial charge in [0, 0.05) is 64.2 Å². The van der Waals surface area contributed by atoms with Gasteiger partial charge in [0.2, 0.25) is 5.91 Å². The number of hydrogen-bond donors (Lipinski definition) is 0. The monoisotopic (exact) mass is 476 g/mol. The summed E-state index contributed by atoms with van der Waals surface area (Å²) in [5.41, 5.74) is 1.72. The zero-order valence-corrected chi connectivity index (χ0v) is 20.7. The lowest BCUT2D eigenvalue weighted by atomic mass is 9.90. The van der Waals surface area contributed by atoms with Gasteiger partial charge in [0.05, 0.1) is 0 Å². The second-order valence-electron chi connectivity index (χ2n) is 10.3. The molecule has 1 spiro atoms. The molecule has 0 radical (unpaired) electrons. The van der Waals surface area contributed by atoms with Crippen LogP contribution in [0.4, 0.5) is 0 Å². The van der Waals surface area contributed by atoms with Crippen molar-refractivity contribution in [2.45, 2.75) is 39.0 Å². The lowest BCUT2D eigenvalue weighted by Gasteiger charge is -2.36. The van der Waals surface area contributed by atoms with E-state index in [0.717, 1.165) is 70.6 Å². The normalized spacial score (nSPS) is 22.1. The fourth-order valence-electron chi connectivity index (χ4n) is 5.62. The van der Waals surface area contributed by atoms with Gasteiger partial charge < -0.3 is 14.3 Å². The number of amides is 2. The summed E-state index contributed by atoms with van der Waals surface area (Å²) in [7, 11) is 0. The van der Waals surface area contributed by atoms with E-state index in [1.165, 1.54) is 5.56 Å². The molecule has 2 aromatic rings. The molecule has 2 saturated heterocycles. The van der Waals surface area contributed by atoms with Gasteiger partial charge in [0.1, 0.15) is 5.76 Å². The first kappa shape index (κ1) is 23.8. The summed E-state index contributed by atoms with van der Waals surface area (Å²) in [5.74, 6) is 1.17. The fraction of sp³-hybridized carbons (Fsp3) is 0.536. The highest BCUT2D eigenvalue weighted by molar-refractivity contribution is 5.92. The van der Waals surface area contributed by atoms with E-state index in [1.807, 2.05) is 11.0 Å². The number of aryl methyl sites for hydroxylation is 1. The average Bonchev–Trinajstić information content (AvgIpc) is 3.37. The van der Waals surface area contributed by atoms with Gasteiger partial charge in [-0.1, -0.05) is 54.6 Å². The Hall–Kier alpha value is -2.93. The number of nitrogens with zero attached hydrogens (tertiary/aromatic N) is 4. The van der Waals surface area contributed by atoms with Crippen molar-refractivity contribution in [1.82, 2.24) is 19.9 Å². The minimum Gasteiger partial charge on any atom is -0.361 e. The molecular weight excluding hydrogens is 440 g/mol. The van der Waals surface area contributed by atoms with Gasteiger partial charge in [-0.25, -0.2) is 0 Å². The van der Waals surface area contributed by atoms with Gasteiger partial charge in [0.15, 0.2) is 5.69 Å². The Morgan fingerprint density at radius 3 is 2.51 bits per heavy atom. The highest BCUT2D eigenvalue weighted by atomic mass is 16.5. The maximum Gasteiger partial charge on any atom is 0.276 e. The SMILES string of the molecule is CCCc1cc(C(=O)N2CCC3(CC2)CC3C(=O)N2CCN(CC=Cc3ccccc3)CC2)no1. The van der Waals surface area contributed by atoms with E-state index in [4.69, 9.17) is 4.52 Å². The van der Waals surface area contributed by atoms with Crippen molar-refractivity contribution in [1.29, 1.82) is 0 Å². The minimum absolute atomic E-state index is 0.0492. The maximum atomic E-state index is 13.2. The fourth-order valence-corrected chi connectivity index (χ4v) is 5.62. The number of carbonyl (C=O) groups excluding carboxylic acids is 2. The van der Waals surface area contributed by atoms with Crippen molar-refractivity contribution in [3.63, 3.8) is 0 Å². The molecule has 5 rings (SSSR count). The molecule has 1 atom stereocenters. The number of hydrogen-bond acceptors (Lipinski definition) is 5. The molecule has 3 aliphatic rings. The number of benzene rings is 1. The summed E-state index contributed by atoms with van der Waals surface area (Å²) in [6.07, 6.45) is 8.91. The van der Waals surface area contributed by atoms with Crippen LogP contribution < -0.4 is 0 Å². The van der Waals surface area contributed by atoms with Crippen LogP contribution >= 0.6 is 0 Å². The molecule has 7 nitrogen and oxygen atoms in total. The van der Waals surface area contributed by atoms with Crippen molar-refractivity contribution in [2.24, 2.45) is 11.3 Å². The first-order valence-electron chi connectivity index (χ1n) is 13.1. The van der Waals surface area contributed by atoms with Crippen LogP contribution in [-0.4, -0.2) is 77.5 Å². The van der Waals surface area contributed by atoms with Crippen molar-refractivity contribution < 1.29 is 14.1 Å². The molecule has 3 fully saturated rings. The molecule has 1 aromatic heterocycles. The van der Waals surface area contributed by atoms with E-state index >= 15 is 0 Å². The van der Waals surface area contributed by atoms with Gasteiger partial charge >= 0.3 is 0 Å². The lowest BCUT2D eigenvalue weighted by molar-refractivity contribution is -0.135. The molecule has 1 saturated carbocycles. The molecule has 35 heavy (non-hydrogen) atoms. The van der Waals surface area contributed by atoms with E-state index in [9.17, 15) is 9.59 Å². The molecule has 7 heteroatoms. The molecule has 2 amide bonds. The zero-order valence-electron chi connectivity index (χ0n) is 20.7. The summed E-state index contributed by atoms with van der Waals surface area (Å²) >= 11 is 0. The molecule has 1 aliphatic carbocycles. The van der Waals surface area contributed by atoms with Gasteiger partial charge in [-0.3, -0.25) is 14.5 Å². The van der Waals surface area contributed by atoms with Crippen LogP contribution in [-0.2, 0) is 11.2 Å². The highest BCUT2D eigenvalue weighted by Gasteiger charge is 2.59. The van der Waals surface area contributed by atoms with Crippen LogP contribution in [0.3, 0.4) is 0 Å². The van der Waals surface area contributed by atoms with E-state index < -0.39 is 0 Å². The van der Waals surface area contributed by atoms with Crippen LogP contribution in [0.2, 0.25) is 0 Å². The molecular formula is C28H36N4O3. The maximum absolute atomic E-state index is 13.2. The summed E-state index contributed by atoms with van der Waals surface area (Å²) in [6, 6.07) is 12.1. The number of piperidine rings is 1. The summed E-state index contributed by atoms with van der Waals surface area (Å²) in [4.78, 5) is 32.4. The quantitative estimate of drug-likeness (QED) is 0.609. The van der Waals surface area contributed by atoms with Crippen molar-refractivity contribution in [3.8, 4) is 0 Å². The minimum atomic E-state index is -0.0492. The Bertz CT molecular complexity index is 1050. The van der Waals surface area contributed by atoms with Crippen LogP contribution in [0.1, 0.15) is 54.4 Å². The van der Waals surface area contributed by atoms with Crippen LogP contribution in [0.5, 0.6) is 0 Å². The van der Waals surface area contributed by atoms with Crippen molar-refractivity contribution >= 4 is 17.9 Å². The number of carbonyl (C=O) groups is 2. The van der Waals surface area contributed by atoms with Crippen molar-refractivity contribution in [2.75, 3.05) is 45.8 Å². The van der Waals surface area contributed by atoms with Crippen molar-refractivity contribution in [3.05, 3.63) is 59.5 Å². The highest BCUT2D eigenvalue weighted by Crippen LogP contribution is 2.60. The average molecular weight is 477 g/mol. The Kier molecular flexibility index (Phi) is 7.04. The summed E-state index contributed by atoms with van der Waals surface area (Å²) in [6.45, 7) is 7.84. The van der Waals surface area contributed by atoms with E-state index in [0.29, 0.717) is 24.7 Å². The van der Waals surface area contributed by atoms with Gasteiger partial charge in [0.25, 0.3) is 5.91 Å². The predicted octanol–water partition coefficient (Wildman–Crippen LogP) is 3.73. The molecule has 186 valence electrons. The first-order valence-corrected chi connectivity index (χ1v) is 13.1. The third kappa shape index (κ3) is 5.35. The van der Waals surface area contributed by atoms with E-state index in [-0.39, 0.29) is 17.2 Å². The Balaban J connectivity index is 1.06. The Labute approximate surface area is 207 Å². The number of likely N-dealkylation sites (tertiary alicyclic amines) is 1. The second kappa shape index (κ2) is 10.4. The van der Waals surface area contributed by atoms with Gasteiger partial charge in [-0.05, 0) is 36.7 Å². The zero-order chi connectivity index (χ0) is 24.3. The molecule has 3 heterocycles. The Morgan fingerprint density at radius 1 is 1.06 bits per heavy atom. The first-order chi connectivity index (χ1) is 17.1. The largest absolute Gasteiger partial charge is 0.361 e. The number of piperazine rings is 1. The van der Waals surface area contributed by atoms with E-state index in [1.54, 1.807) is 6.07 Å². The third-order valence-electron chi connectivity index (χ3n) is 7.97. The third-order valence-corrected chi connectivity index (χ3v) is 7.97. The molecule has 2 aliphatic heterocycles. The van der Waals surface area contributed by atoms with Gasteiger partial charge in [-0.15, -0.1) is 0 Å². The van der Waals surface area contributed by atoms with Crippen LogP contribution in [0.25, 0.3) is 6.08 Å². The molecule has 1 unspecified atom stereocenters. The molecule has 0 N–H and O–H groups in total. The number of aromatic nitrogens is 1. The van der Waals surface area contributed by atoms with Crippen LogP contribution in [0, 0.1) is 11.3 Å². The smallest absolute Gasteiger partial charge is 0.276 e. The lowest BCUT2D eigenvalue weighted by Crippen LogP contribution is -2.49. The second-order valence-corrected chi connectivity index (χ2v) is 10.3. The topological polar surface area (TPSA) is 69.9 Å². The molecule has 0 bridgehead atoms. The number of rotatable bonds is 7. The standard InChI is InChI=1S/C28H36N4O3/c1-2-7-23-20-25(29-35-23)27(34)31-14-11-28(12-15-31)21-24(28)26(33)32-18-16-30(17-19-32)13-6-10-22-8-4-3-5-9-22/h3-6,8-10,20,24H,2,7,11-19,21H2,1H3.